The highest BCUT2D eigenvalue weighted by molar-refractivity contribution is 6.07. The van der Waals surface area contributed by atoms with Gasteiger partial charge in [0.15, 0.2) is 5.76 Å². The Kier molecular flexibility index (Phi) is 4.26. The number of benzene rings is 1. The number of rotatable bonds is 4. The number of imide groups is 1. The minimum Gasteiger partial charge on any atom is -0.356 e. The molecule has 136 valence electrons. The number of carbonyl (C=O) groups is 2. The molecular formula is C20H23N3O3. The monoisotopic (exact) mass is 353 g/mol. The van der Waals surface area contributed by atoms with Crippen molar-refractivity contribution in [2.24, 2.45) is 5.92 Å². The lowest BCUT2D eigenvalue weighted by molar-refractivity contribution is -0.133. The highest BCUT2D eigenvalue weighted by Gasteiger charge is 2.52. The van der Waals surface area contributed by atoms with Crippen molar-refractivity contribution < 1.29 is 14.1 Å². The fourth-order valence-electron chi connectivity index (χ4n) is 4.02. The van der Waals surface area contributed by atoms with Crippen LogP contribution in [-0.2, 0) is 11.3 Å². The van der Waals surface area contributed by atoms with Gasteiger partial charge in [0, 0.05) is 11.6 Å². The van der Waals surface area contributed by atoms with E-state index in [0.717, 1.165) is 37.7 Å². The Labute approximate surface area is 152 Å². The quantitative estimate of drug-likeness (QED) is 0.850. The minimum absolute atomic E-state index is 0.124. The van der Waals surface area contributed by atoms with Crippen LogP contribution in [0.2, 0.25) is 0 Å². The van der Waals surface area contributed by atoms with E-state index in [1.807, 2.05) is 30.3 Å². The molecule has 0 radical (unpaired) electrons. The van der Waals surface area contributed by atoms with Gasteiger partial charge in [-0.05, 0) is 31.6 Å². The Bertz CT molecular complexity index is 807. The average Bonchev–Trinajstić information content (AvgIpc) is 3.23. The molecule has 2 aliphatic rings. The zero-order valence-electron chi connectivity index (χ0n) is 14.9. The van der Waals surface area contributed by atoms with Gasteiger partial charge in [-0.25, -0.2) is 4.79 Å². The number of nitrogens with one attached hydrogen (secondary N) is 1. The summed E-state index contributed by atoms with van der Waals surface area (Å²) >= 11 is 0. The molecule has 1 saturated carbocycles. The molecule has 1 aliphatic carbocycles. The predicted molar refractivity (Wildman–Crippen MR) is 96.0 cm³/mol. The van der Waals surface area contributed by atoms with E-state index in [1.165, 1.54) is 4.90 Å². The van der Waals surface area contributed by atoms with Crippen LogP contribution in [0.5, 0.6) is 0 Å². The molecule has 2 heterocycles. The van der Waals surface area contributed by atoms with Crippen molar-refractivity contribution >= 4 is 11.9 Å². The maximum Gasteiger partial charge on any atom is 0.325 e. The number of hydrogen-bond acceptors (Lipinski definition) is 4. The highest BCUT2D eigenvalue weighted by atomic mass is 16.5. The van der Waals surface area contributed by atoms with Crippen LogP contribution < -0.4 is 5.32 Å². The first-order valence-corrected chi connectivity index (χ1v) is 9.26. The predicted octanol–water partition coefficient (Wildman–Crippen LogP) is 3.73. The second-order valence-electron chi connectivity index (χ2n) is 7.30. The van der Waals surface area contributed by atoms with Gasteiger partial charge in [0.05, 0.1) is 6.54 Å². The summed E-state index contributed by atoms with van der Waals surface area (Å²) < 4.78 is 5.38. The SMILES string of the molecule is CCC1CCC2(CC1)NC(=O)N(Cc1cc(-c3ccccc3)on1)C2=O. The molecule has 1 N–H and O–H groups in total. The van der Waals surface area contributed by atoms with Crippen molar-refractivity contribution in [3.63, 3.8) is 0 Å². The molecule has 0 unspecified atom stereocenters. The topological polar surface area (TPSA) is 75.4 Å². The van der Waals surface area contributed by atoms with Gasteiger partial charge in [-0.15, -0.1) is 0 Å². The van der Waals surface area contributed by atoms with E-state index in [0.29, 0.717) is 17.4 Å². The molecule has 0 bridgehead atoms. The fraction of sp³-hybridized carbons (Fsp3) is 0.450. The molecule has 1 saturated heterocycles. The maximum absolute atomic E-state index is 13.0. The number of amides is 3. The third-order valence-electron chi connectivity index (χ3n) is 5.72. The van der Waals surface area contributed by atoms with Gasteiger partial charge in [0.1, 0.15) is 11.2 Å². The Morgan fingerprint density at radius 2 is 1.96 bits per heavy atom. The van der Waals surface area contributed by atoms with Crippen molar-refractivity contribution in [2.75, 3.05) is 0 Å². The average molecular weight is 353 g/mol. The van der Waals surface area contributed by atoms with Crippen molar-refractivity contribution in [3.8, 4) is 11.3 Å². The molecule has 2 aromatic rings. The van der Waals surface area contributed by atoms with Gasteiger partial charge in [0.25, 0.3) is 5.91 Å². The minimum atomic E-state index is -0.714. The number of hydrogen-bond donors (Lipinski definition) is 1. The summed E-state index contributed by atoms with van der Waals surface area (Å²) in [4.78, 5) is 26.7. The molecule has 2 fully saturated rings. The molecular weight excluding hydrogens is 330 g/mol. The highest BCUT2D eigenvalue weighted by Crippen LogP contribution is 2.38. The summed E-state index contributed by atoms with van der Waals surface area (Å²) in [6.07, 6.45) is 4.54. The lowest BCUT2D eigenvalue weighted by Crippen LogP contribution is -2.49. The molecule has 26 heavy (non-hydrogen) atoms. The number of carbonyl (C=O) groups excluding carboxylic acids is 2. The zero-order chi connectivity index (χ0) is 18.1. The fourth-order valence-corrected chi connectivity index (χ4v) is 4.02. The van der Waals surface area contributed by atoms with Crippen LogP contribution in [0.1, 0.15) is 44.7 Å². The third-order valence-corrected chi connectivity index (χ3v) is 5.72. The Morgan fingerprint density at radius 3 is 2.65 bits per heavy atom. The smallest absolute Gasteiger partial charge is 0.325 e. The lowest BCUT2D eigenvalue weighted by Gasteiger charge is -2.34. The van der Waals surface area contributed by atoms with Gasteiger partial charge in [0.2, 0.25) is 0 Å². The van der Waals surface area contributed by atoms with E-state index in [4.69, 9.17) is 4.52 Å². The normalized spacial score (nSPS) is 25.7. The van der Waals surface area contributed by atoms with E-state index in [2.05, 4.69) is 17.4 Å². The first kappa shape index (κ1) is 16.8. The van der Waals surface area contributed by atoms with Crippen molar-refractivity contribution in [1.82, 2.24) is 15.4 Å². The third kappa shape index (κ3) is 2.89. The molecule has 6 heteroatoms. The van der Waals surface area contributed by atoms with Gasteiger partial charge in [-0.2, -0.15) is 0 Å². The molecule has 6 nitrogen and oxygen atoms in total. The van der Waals surface area contributed by atoms with E-state index in [9.17, 15) is 9.59 Å². The second-order valence-corrected chi connectivity index (χ2v) is 7.30. The number of nitrogens with zero attached hydrogens (tertiary/aromatic N) is 2. The first-order valence-electron chi connectivity index (χ1n) is 9.26. The Morgan fingerprint density at radius 1 is 1.23 bits per heavy atom. The Hall–Kier alpha value is -2.63. The van der Waals surface area contributed by atoms with Crippen molar-refractivity contribution in [2.45, 2.75) is 51.1 Å². The van der Waals surface area contributed by atoms with Crippen LogP contribution in [-0.4, -0.2) is 27.5 Å². The summed E-state index contributed by atoms with van der Waals surface area (Å²) in [6.45, 7) is 2.32. The first-order chi connectivity index (χ1) is 12.6. The molecule has 1 aliphatic heterocycles. The number of aromatic nitrogens is 1. The van der Waals surface area contributed by atoms with Gasteiger partial charge >= 0.3 is 6.03 Å². The summed E-state index contributed by atoms with van der Waals surface area (Å²) in [5.41, 5.74) is 0.777. The molecule has 3 amide bonds. The van der Waals surface area contributed by atoms with E-state index >= 15 is 0 Å². The van der Waals surface area contributed by atoms with E-state index in [1.54, 1.807) is 6.07 Å². The molecule has 1 aromatic heterocycles. The Balaban J connectivity index is 1.48. The summed E-state index contributed by atoms with van der Waals surface area (Å²) in [6, 6.07) is 11.1. The van der Waals surface area contributed by atoms with E-state index in [-0.39, 0.29) is 18.5 Å². The van der Waals surface area contributed by atoms with Gasteiger partial charge < -0.3 is 9.84 Å². The van der Waals surface area contributed by atoms with Crippen molar-refractivity contribution in [3.05, 3.63) is 42.1 Å². The van der Waals surface area contributed by atoms with Crippen LogP contribution >= 0.6 is 0 Å². The lowest BCUT2D eigenvalue weighted by atomic mass is 9.75. The summed E-state index contributed by atoms with van der Waals surface area (Å²) in [5, 5.41) is 6.99. The standard InChI is InChI=1S/C20H23N3O3/c1-2-14-8-10-20(11-9-14)18(24)23(19(25)21-20)13-16-12-17(26-22-16)15-6-4-3-5-7-15/h3-7,12,14H,2,8-11,13H2,1H3,(H,21,25). The largest absolute Gasteiger partial charge is 0.356 e. The maximum atomic E-state index is 13.0. The van der Waals surface area contributed by atoms with Crippen LogP contribution in [0.15, 0.2) is 40.9 Å². The number of urea groups is 1. The van der Waals surface area contributed by atoms with Crippen LogP contribution in [0, 0.1) is 5.92 Å². The second kappa shape index (κ2) is 6.59. The van der Waals surface area contributed by atoms with Crippen LogP contribution in [0.3, 0.4) is 0 Å². The van der Waals surface area contributed by atoms with E-state index < -0.39 is 5.54 Å². The van der Waals surface area contributed by atoms with Crippen LogP contribution in [0.25, 0.3) is 11.3 Å². The van der Waals surface area contributed by atoms with Crippen LogP contribution in [0.4, 0.5) is 4.79 Å². The zero-order valence-corrected chi connectivity index (χ0v) is 14.9. The summed E-state index contributed by atoms with van der Waals surface area (Å²) in [5.74, 6) is 1.16. The molecule has 4 rings (SSSR count). The molecule has 1 spiro atoms. The van der Waals surface area contributed by atoms with Gasteiger partial charge in [-0.3, -0.25) is 9.69 Å². The summed E-state index contributed by atoms with van der Waals surface area (Å²) in [7, 11) is 0. The van der Waals surface area contributed by atoms with Gasteiger partial charge in [-0.1, -0.05) is 48.8 Å². The molecule has 0 atom stereocenters. The molecule has 1 aromatic carbocycles. The van der Waals surface area contributed by atoms with Crippen molar-refractivity contribution in [1.29, 1.82) is 0 Å².